The van der Waals surface area contributed by atoms with Crippen molar-refractivity contribution in [1.82, 2.24) is 4.90 Å². The number of hydrogen-bond acceptors (Lipinski definition) is 4. The smallest absolute Gasteiger partial charge is 0.410 e. The van der Waals surface area contributed by atoms with Gasteiger partial charge >= 0.3 is 6.09 Å². The molecule has 0 bridgehead atoms. The molecule has 1 N–H and O–H groups in total. The lowest BCUT2D eigenvalue weighted by Crippen LogP contribution is -2.42. The molecule has 0 radical (unpaired) electrons. The van der Waals surface area contributed by atoms with Gasteiger partial charge in [0.15, 0.2) is 5.78 Å². The zero-order valence-electron chi connectivity index (χ0n) is 15.7. The summed E-state index contributed by atoms with van der Waals surface area (Å²) in [4.78, 5) is 26.7. The van der Waals surface area contributed by atoms with Crippen LogP contribution in [0.3, 0.4) is 0 Å². The third-order valence-corrected chi connectivity index (χ3v) is 4.41. The number of carbonyl (C=O) groups is 2. The first-order valence-corrected chi connectivity index (χ1v) is 9.42. The van der Waals surface area contributed by atoms with Gasteiger partial charge in [0, 0.05) is 24.6 Å². The number of nitrogens with zero attached hydrogens (tertiary/aromatic N) is 1. The number of benzene rings is 1. The second-order valence-electron chi connectivity index (χ2n) is 7.13. The molecule has 26 heavy (non-hydrogen) atoms. The Bertz CT molecular complexity index is 628. The van der Waals surface area contributed by atoms with Crippen LogP contribution in [0.1, 0.15) is 50.9 Å². The molecule has 0 aromatic heterocycles. The van der Waals surface area contributed by atoms with E-state index in [1.807, 2.05) is 6.92 Å². The summed E-state index contributed by atoms with van der Waals surface area (Å²) in [5.74, 6) is -0.534. The molecule has 0 fully saturated rings. The van der Waals surface area contributed by atoms with E-state index < -0.39 is 17.6 Å². The molecule has 0 saturated carbocycles. The average Bonchev–Trinajstić information content (AvgIpc) is 2.54. The first-order valence-electron chi connectivity index (χ1n) is 8.67. The average molecular weight is 404 g/mol. The van der Waals surface area contributed by atoms with Crippen molar-refractivity contribution in [1.29, 1.82) is 0 Å². The van der Waals surface area contributed by atoms with Gasteiger partial charge in [-0.15, -0.1) is 0 Å². The third-order valence-electron chi connectivity index (χ3n) is 3.67. The van der Waals surface area contributed by atoms with Crippen molar-refractivity contribution in [3.05, 3.63) is 33.8 Å². The monoisotopic (exact) mass is 403 g/mol. The predicted molar refractivity (Wildman–Crippen MR) is 104 cm³/mol. The number of hydrogen-bond donors (Lipinski definition) is 1. The minimum Gasteiger partial charge on any atom is -0.444 e. The summed E-state index contributed by atoms with van der Waals surface area (Å²) in [5.41, 5.74) is -0.204. The number of aliphatic hydroxyl groups excluding tert-OH is 1. The molecule has 1 unspecified atom stereocenters. The first-order chi connectivity index (χ1) is 12.1. The molecular formula is C19H27Cl2NO4. The van der Waals surface area contributed by atoms with E-state index in [4.69, 9.17) is 27.9 Å². The topological polar surface area (TPSA) is 66.8 Å². The predicted octanol–water partition coefficient (Wildman–Crippen LogP) is 4.82. The number of rotatable bonds is 8. The molecule has 1 rings (SSSR count). The van der Waals surface area contributed by atoms with Gasteiger partial charge in [0.1, 0.15) is 5.60 Å². The van der Waals surface area contributed by atoms with Gasteiger partial charge in [-0.3, -0.25) is 4.79 Å². The summed E-state index contributed by atoms with van der Waals surface area (Å²) in [7, 11) is 0. The number of ether oxygens (including phenoxy) is 1. The highest BCUT2D eigenvalue weighted by molar-refractivity contribution is 6.42. The third kappa shape index (κ3) is 7.14. The van der Waals surface area contributed by atoms with Gasteiger partial charge < -0.3 is 14.7 Å². The Morgan fingerprint density at radius 2 is 1.88 bits per heavy atom. The van der Waals surface area contributed by atoms with E-state index in [1.54, 1.807) is 39.0 Å². The lowest BCUT2D eigenvalue weighted by Gasteiger charge is -2.29. The maximum Gasteiger partial charge on any atom is 0.410 e. The van der Waals surface area contributed by atoms with Crippen LogP contribution in [0.2, 0.25) is 10.0 Å². The Morgan fingerprint density at radius 1 is 1.23 bits per heavy atom. The van der Waals surface area contributed by atoms with Crippen molar-refractivity contribution in [2.24, 2.45) is 5.92 Å². The quantitative estimate of drug-likeness (QED) is 0.631. The number of aliphatic hydroxyl groups is 1. The second kappa shape index (κ2) is 10.1. The summed E-state index contributed by atoms with van der Waals surface area (Å²) in [6, 6.07) is 4.75. The molecule has 1 amide bonds. The maximum atomic E-state index is 12.9. The molecule has 7 heteroatoms. The van der Waals surface area contributed by atoms with Crippen molar-refractivity contribution >= 4 is 35.1 Å². The molecule has 0 saturated heterocycles. The Balaban J connectivity index is 2.99. The van der Waals surface area contributed by atoms with Crippen LogP contribution in [0.25, 0.3) is 0 Å². The highest BCUT2D eigenvalue weighted by Gasteiger charge is 2.28. The molecule has 1 aromatic rings. The second-order valence-corrected chi connectivity index (χ2v) is 7.94. The molecule has 0 aliphatic carbocycles. The van der Waals surface area contributed by atoms with E-state index in [9.17, 15) is 14.7 Å². The van der Waals surface area contributed by atoms with E-state index in [0.29, 0.717) is 22.0 Å². The molecule has 0 heterocycles. The van der Waals surface area contributed by atoms with Crippen molar-refractivity contribution in [3.63, 3.8) is 0 Å². The zero-order chi connectivity index (χ0) is 19.9. The number of ketones is 1. The van der Waals surface area contributed by atoms with Gasteiger partial charge in [-0.25, -0.2) is 4.79 Å². The highest BCUT2D eigenvalue weighted by Crippen LogP contribution is 2.25. The highest BCUT2D eigenvalue weighted by atomic mass is 35.5. The molecule has 1 aromatic carbocycles. The largest absolute Gasteiger partial charge is 0.444 e. The molecule has 0 aliphatic rings. The lowest BCUT2D eigenvalue weighted by molar-refractivity contribution is 0.0188. The maximum absolute atomic E-state index is 12.9. The zero-order valence-corrected chi connectivity index (χ0v) is 17.2. The van der Waals surface area contributed by atoms with Gasteiger partial charge in [0.25, 0.3) is 0 Å². The van der Waals surface area contributed by atoms with Crippen molar-refractivity contribution in [2.45, 2.75) is 46.1 Å². The fourth-order valence-electron chi connectivity index (χ4n) is 2.51. The van der Waals surface area contributed by atoms with Crippen LogP contribution in [0, 0.1) is 5.92 Å². The minimum absolute atomic E-state index is 0.101. The number of halogens is 2. The van der Waals surface area contributed by atoms with E-state index >= 15 is 0 Å². The summed E-state index contributed by atoms with van der Waals surface area (Å²) >= 11 is 11.9. The van der Waals surface area contributed by atoms with Crippen molar-refractivity contribution < 1.29 is 19.4 Å². The molecular weight excluding hydrogens is 377 g/mol. The van der Waals surface area contributed by atoms with Crippen LogP contribution in [0.15, 0.2) is 18.2 Å². The molecule has 5 nitrogen and oxygen atoms in total. The van der Waals surface area contributed by atoms with Gasteiger partial charge in [-0.2, -0.15) is 0 Å². The standard InChI is InChI=1S/C19H27Cl2NO4/c1-5-6-14(17(24)13-7-8-15(20)16(21)11-13)12-22(9-10-23)18(25)26-19(2,3)4/h7-8,11,14,23H,5-6,9-10,12H2,1-4H3. The first kappa shape index (κ1) is 22.7. The Labute approximate surface area is 165 Å². The lowest BCUT2D eigenvalue weighted by atomic mass is 9.93. The fourth-order valence-corrected chi connectivity index (χ4v) is 2.81. The van der Waals surface area contributed by atoms with Crippen LogP contribution >= 0.6 is 23.2 Å². The molecule has 0 aliphatic heterocycles. The fraction of sp³-hybridized carbons (Fsp3) is 0.579. The van der Waals surface area contributed by atoms with E-state index in [2.05, 4.69) is 0 Å². The number of Topliss-reactive ketones (excluding diaryl/α,β-unsaturated/α-hetero) is 1. The SMILES string of the molecule is CCCC(CN(CCO)C(=O)OC(C)(C)C)C(=O)c1ccc(Cl)c(Cl)c1. The molecule has 146 valence electrons. The summed E-state index contributed by atoms with van der Waals surface area (Å²) in [6.07, 6.45) is 0.831. The Kier molecular flexibility index (Phi) is 8.87. The van der Waals surface area contributed by atoms with Gasteiger partial charge in [-0.1, -0.05) is 36.5 Å². The van der Waals surface area contributed by atoms with Crippen LogP contribution < -0.4 is 0 Å². The van der Waals surface area contributed by atoms with E-state index in [1.165, 1.54) is 4.90 Å². The van der Waals surface area contributed by atoms with Crippen LogP contribution in [-0.2, 0) is 4.74 Å². The normalized spacial score (nSPS) is 12.6. The Hall–Kier alpha value is -1.30. The van der Waals surface area contributed by atoms with E-state index in [-0.39, 0.29) is 25.5 Å². The van der Waals surface area contributed by atoms with Crippen LogP contribution in [-0.4, -0.2) is 47.2 Å². The summed E-state index contributed by atoms with van der Waals surface area (Å²) in [6.45, 7) is 7.34. The molecule has 0 spiro atoms. The van der Waals surface area contributed by atoms with Gasteiger partial charge in [0.05, 0.1) is 16.7 Å². The van der Waals surface area contributed by atoms with Crippen LogP contribution in [0.5, 0.6) is 0 Å². The van der Waals surface area contributed by atoms with Gasteiger partial charge in [0.2, 0.25) is 0 Å². The van der Waals surface area contributed by atoms with Gasteiger partial charge in [-0.05, 0) is 45.4 Å². The van der Waals surface area contributed by atoms with E-state index in [0.717, 1.165) is 6.42 Å². The summed E-state index contributed by atoms with van der Waals surface area (Å²) in [5, 5.41) is 9.98. The van der Waals surface area contributed by atoms with Crippen molar-refractivity contribution in [2.75, 3.05) is 19.7 Å². The van der Waals surface area contributed by atoms with Crippen LogP contribution in [0.4, 0.5) is 4.79 Å². The summed E-state index contributed by atoms with van der Waals surface area (Å²) < 4.78 is 5.38. The van der Waals surface area contributed by atoms with Crippen molar-refractivity contribution in [3.8, 4) is 0 Å². The molecule has 1 atom stereocenters. The number of amides is 1. The number of carbonyl (C=O) groups excluding carboxylic acids is 2. The Morgan fingerprint density at radius 3 is 2.38 bits per heavy atom. The minimum atomic E-state index is -0.654.